The summed E-state index contributed by atoms with van der Waals surface area (Å²) in [7, 11) is 0. The second-order valence-electron chi connectivity index (χ2n) is 6.64. The van der Waals surface area contributed by atoms with Crippen molar-refractivity contribution >= 4 is 17.4 Å². The van der Waals surface area contributed by atoms with Gasteiger partial charge in [0.1, 0.15) is 5.75 Å². The lowest BCUT2D eigenvalue weighted by atomic mass is 10.3. The molecule has 0 saturated heterocycles. The lowest BCUT2D eigenvalue weighted by molar-refractivity contribution is 0.262. The van der Waals surface area contributed by atoms with Crippen LogP contribution in [0.1, 0.15) is 11.4 Å². The molecule has 2 heterocycles. The zero-order valence-corrected chi connectivity index (χ0v) is 16.5. The van der Waals surface area contributed by atoms with E-state index in [1.807, 2.05) is 50.2 Å². The van der Waals surface area contributed by atoms with Crippen molar-refractivity contribution in [2.45, 2.75) is 13.8 Å². The van der Waals surface area contributed by atoms with Gasteiger partial charge in [-0.15, -0.1) is 10.2 Å². The maximum Gasteiger partial charge on any atom is 0.323 e. The minimum absolute atomic E-state index is 0.319. The molecule has 2 amide bonds. The first-order chi connectivity index (χ1) is 14.6. The molecule has 2 aromatic heterocycles. The van der Waals surface area contributed by atoms with E-state index in [9.17, 15) is 4.79 Å². The molecule has 0 aliphatic carbocycles. The third-order valence-corrected chi connectivity index (χ3v) is 4.22. The summed E-state index contributed by atoms with van der Waals surface area (Å²) in [5.41, 5.74) is 3.26. The average molecular weight is 400 g/mol. The van der Waals surface area contributed by atoms with Gasteiger partial charge in [0.25, 0.3) is 0 Å². The van der Waals surface area contributed by atoms with Crippen molar-refractivity contribution in [2.24, 2.45) is 0 Å². The van der Waals surface area contributed by atoms with Crippen LogP contribution in [0, 0.1) is 13.8 Å². The maximum absolute atomic E-state index is 12.1. The minimum Gasteiger partial charge on any atom is -0.438 e. The highest BCUT2D eigenvalue weighted by Gasteiger charge is 2.07. The third-order valence-electron chi connectivity index (χ3n) is 4.22. The number of ether oxygens (including phenoxy) is 1. The summed E-state index contributed by atoms with van der Waals surface area (Å²) in [6.07, 6.45) is 0. The first kappa shape index (κ1) is 19.1. The molecule has 4 rings (SSSR count). The van der Waals surface area contributed by atoms with Gasteiger partial charge in [-0.3, -0.25) is 0 Å². The molecule has 8 nitrogen and oxygen atoms in total. The van der Waals surface area contributed by atoms with Crippen molar-refractivity contribution in [3.63, 3.8) is 0 Å². The van der Waals surface area contributed by atoms with Gasteiger partial charge in [-0.25, -0.2) is 9.48 Å². The van der Waals surface area contributed by atoms with Crippen LogP contribution in [0.2, 0.25) is 0 Å². The van der Waals surface area contributed by atoms with E-state index in [4.69, 9.17) is 4.74 Å². The minimum atomic E-state index is -0.319. The number of carbonyl (C=O) groups is 1. The van der Waals surface area contributed by atoms with Gasteiger partial charge in [0.05, 0.1) is 5.69 Å². The molecule has 0 bridgehead atoms. The van der Waals surface area contributed by atoms with E-state index in [2.05, 4.69) is 25.9 Å². The van der Waals surface area contributed by atoms with E-state index in [-0.39, 0.29) is 6.03 Å². The highest BCUT2D eigenvalue weighted by Crippen LogP contribution is 2.22. The molecular weight excluding hydrogens is 380 g/mol. The van der Waals surface area contributed by atoms with Crippen LogP contribution >= 0.6 is 0 Å². The van der Waals surface area contributed by atoms with Crippen molar-refractivity contribution in [2.75, 3.05) is 10.6 Å². The number of aromatic nitrogens is 4. The largest absolute Gasteiger partial charge is 0.438 e. The first-order valence-electron chi connectivity index (χ1n) is 9.35. The number of nitrogens with zero attached hydrogens (tertiary/aromatic N) is 4. The Hall–Kier alpha value is -4.20. The maximum atomic E-state index is 12.1. The fourth-order valence-corrected chi connectivity index (χ4v) is 2.88. The summed E-state index contributed by atoms with van der Waals surface area (Å²) >= 11 is 0. The number of rotatable bonds is 5. The summed E-state index contributed by atoms with van der Waals surface area (Å²) in [5, 5.41) is 18.2. The normalized spacial score (nSPS) is 10.5. The molecule has 8 heteroatoms. The van der Waals surface area contributed by atoms with Gasteiger partial charge >= 0.3 is 6.03 Å². The second kappa shape index (κ2) is 8.44. The molecule has 2 N–H and O–H groups in total. The van der Waals surface area contributed by atoms with Crippen LogP contribution in [0.4, 0.5) is 16.2 Å². The zero-order valence-electron chi connectivity index (χ0n) is 16.5. The summed E-state index contributed by atoms with van der Waals surface area (Å²) in [6.45, 7) is 3.89. The summed E-state index contributed by atoms with van der Waals surface area (Å²) in [6, 6.07) is 21.4. The Morgan fingerprint density at radius 3 is 2.17 bits per heavy atom. The number of para-hydroxylation sites is 1. The van der Waals surface area contributed by atoms with Gasteiger partial charge in [-0.2, -0.15) is 5.10 Å². The van der Waals surface area contributed by atoms with E-state index in [1.54, 1.807) is 41.1 Å². The van der Waals surface area contributed by atoms with Crippen molar-refractivity contribution in [1.29, 1.82) is 0 Å². The average Bonchev–Trinajstić information content (AvgIpc) is 3.09. The van der Waals surface area contributed by atoms with Gasteiger partial charge in [0.2, 0.25) is 5.88 Å². The molecule has 0 radical (unpaired) electrons. The van der Waals surface area contributed by atoms with Crippen LogP contribution in [0.15, 0.2) is 72.8 Å². The monoisotopic (exact) mass is 400 g/mol. The van der Waals surface area contributed by atoms with Crippen LogP contribution in [0.3, 0.4) is 0 Å². The van der Waals surface area contributed by atoms with Crippen molar-refractivity contribution in [3.8, 4) is 17.4 Å². The number of nitrogens with one attached hydrogen (secondary N) is 2. The number of carbonyl (C=O) groups excluding carboxylic acids is 1. The van der Waals surface area contributed by atoms with E-state index in [0.29, 0.717) is 23.1 Å². The Morgan fingerprint density at radius 2 is 1.57 bits per heavy atom. The summed E-state index contributed by atoms with van der Waals surface area (Å²) < 4.78 is 7.46. The number of aryl methyl sites for hydroxylation is 2. The fourth-order valence-electron chi connectivity index (χ4n) is 2.88. The van der Waals surface area contributed by atoms with Crippen LogP contribution in [0.25, 0.3) is 5.82 Å². The van der Waals surface area contributed by atoms with Gasteiger partial charge < -0.3 is 15.4 Å². The topological polar surface area (TPSA) is 94.0 Å². The third kappa shape index (κ3) is 4.61. The molecule has 0 unspecified atom stereocenters. The molecule has 2 aromatic carbocycles. The standard InChI is InChI=1S/C22H20N6O2/c1-15-14-16(2)28(27-15)20-12-13-21(26-25-20)30-19-10-8-18(9-11-19)24-22(29)23-17-6-4-3-5-7-17/h3-14H,1-2H3,(H2,23,24,29). The molecule has 0 atom stereocenters. The molecular formula is C22H20N6O2. The Balaban J connectivity index is 1.36. The number of urea groups is 1. The lowest BCUT2D eigenvalue weighted by Gasteiger charge is -2.09. The highest BCUT2D eigenvalue weighted by atomic mass is 16.5. The molecule has 0 saturated carbocycles. The van der Waals surface area contributed by atoms with Crippen molar-refractivity contribution in [1.82, 2.24) is 20.0 Å². The zero-order chi connectivity index (χ0) is 20.9. The van der Waals surface area contributed by atoms with Crippen LogP contribution < -0.4 is 15.4 Å². The van der Waals surface area contributed by atoms with E-state index < -0.39 is 0 Å². The fraction of sp³-hybridized carbons (Fsp3) is 0.0909. The second-order valence-corrected chi connectivity index (χ2v) is 6.64. The first-order valence-corrected chi connectivity index (χ1v) is 9.35. The van der Waals surface area contributed by atoms with Crippen molar-refractivity contribution in [3.05, 3.63) is 84.2 Å². The predicted molar refractivity (Wildman–Crippen MR) is 114 cm³/mol. The van der Waals surface area contributed by atoms with Crippen LogP contribution in [-0.2, 0) is 0 Å². The Labute approximate surface area is 173 Å². The van der Waals surface area contributed by atoms with E-state index >= 15 is 0 Å². The number of amides is 2. The Kier molecular flexibility index (Phi) is 5.38. The molecule has 0 spiro atoms. The quantitative estimate of drug-likeness (QED) is 0.506. The van der Waals surface area contributed by atoms with Crippen LogP contribution in [-0.4, -0.2) is 26.0 Å². The SMILES string of the molecule is Cc1cc(C)n(-c2ccc(Oc3ccc(NC(=O)Nc4ccccc4)cc3)nn2)n1. The van der Waals surface area contributed by atoms with Gasteiger partial charge in [-0.1, -0.05) is 18.2 Å². The molecule has 30 heavy (non-hydrogen) atoms. The highest BCUT2D eigenvalue weighted by molar-refractivity contribution is 5.99. The molecule has 0 aliphatic heterocycles. The predicted octanol–water partition coefficient (Wildman–Crippen LogP) is 4.72. The van der Waals surface area contributed by atoms with E-state index in [0.717, 1.165) is 17.1 Å². The Bertz CT molecular complexity index is 1140. The number of hydrogen-bond acceptors (Lipinski definition) is 5. The molecule has 0 fully saturated rings. The Morgan fingerprint density at radius 1 is 0.867 bits per heavy atom. The van der Waals surface area contributed by atoms with Gasteiger partial charge in [0, 0.05) is 23.1 Å². The van der Waals surface area contributed by atoms with Gasteiger partial charge in [-0.05, 0) is 62.4 Å². The summed E-state index contributed by atoms with van der Waals surface area (Å²) in [5.74, 6) is 1.57. The lowest BCUT2D eigenvalue weighted by Crippen LogP contribution is -2.19. The smallest absolute Gasteiger partial charge is 0.323 e. The number of benzene rings is 2. The number of hydrogen-bond donors (Lipinski definition) is 2. The summed E-state index contributed by atoms with van der Waals surface area (Å²) in [4.78, 5) is 12.1. The molecule has 0 aliphatic rings. The molecule has 4 aromatic rings. The van der Waals surface area contributed by atoms with Crippen molar-refractivity contribution < 1.29 is 9.53 Å². The number of anilines is 2. The van der Waals surface area contributed by atoms with Crippen LogP contribution in [0.5, 0.6) is 11.6 Å². The van der Waals surface area contributed by atoms with E-state index in [1.165, 1.54) is 0 Å². The molecule has 150 valence electrons. The van der Waals surface area contributed by atoms with Gasteiger partial charge in [0.15, 0.2) is 5.82 Å².